The van der Waals surface area contributed by atoms with Crippen LogP contribution < -0.4 is 10.6 Å². The number of carbonyl (C=O) groups is 2. The van der Waals surface area contributed by atoms with Crippen molar-refractivity contribution in [2.45, 2.75) is 13.8 Å². The number of aromatic carboxylic acids is 1. The summed E-state index contributed by atoms with van der Waals surface area (Å²) in [4.78, 5) is 21.9. The summed E-state index contributed by atoms with van der Waals surface area (Å²) in [6.07, 6.45) is 0. The molecule has 0 aliphatic heterocycles. The molecule has 1 amide bonds. The van der Waals surface area contributed by atoms with Gasteiger partial charge in [-0.05, 0) is 12.0 Å². The maximum atomic E-state index is 11.3. The van der Waals surface area contributed by atoms with Crippen molar-refractivity contribution in [2.75, 3.05) is 18.4 Å². The summed E-state index contributed by atoms with van der Waals surface area (Å²) in [6.45, 7) is 4.66. The Morgan fingerprint density at radius 2 is 2.12 bits per heavy atom. The van der Waals surface area contributed by atoms with Gasteiger partial charge in [0.05, 0.1) is 6.54 Å². The molecule has 0 spiro atoms. The Morgan fingerprint density at radius 1 is 1.41 bits per heavy atom. The molecule has 0 saturated heterocycles. The molecule has 0 bridgehead atoms. The zero-order valence-electron chi connectivity index (χ0n) is 9.82. The van der Waals surface area contributed by atoms with Crippen LogP contribution in [0, 0.1) is 5.92 Å². The standard InChI is InChI=1S/C11H16N2O4/c1-7(2)5-12-9(14)6-13-10-4-3-8(17-10)11(15)16/h3-4,7,13H,5-6H2,1-2H3,(H,12,14)(H,15,16). The Morgan fingerprint density at radius 3 is 2.65 bits per heavy atom. The number of carboxylic acid groups (broad SMARTS) is 1. The average molecular weight is 240 g/mol. The molecule has 0 aliphatic carbocycles. The number of carboxylic acids is 1. The lowest BCUT2D eigenvalue weighted by Crippen LogP contribution is -2.32. The number of amides is 1. The van der Waals surface area contributed by atoms with Crippen molar-refractivity contribution in [1.29, 1.82) is 0 Å². The van der Waals surface area contributed by atoms with E-state index in [1.807, 2.05) is 13.8 Å². The first-order valence-electron chi connectivity index (χ1n) is 5.32. The van der Waals surface area contributed by atoms with Crippen LogP contribution >= 0.6 is 0 Å². The number of rotatable bonds is 6. The van der Waals surface area contributed by atoms with Crippen LogP contribution in [0.2, 0.25) is 0 Å². The molecule has 1 aromatic rings. The lowest BCUT2D eigenvalue weighted by atomic mass is 10.2. The van der Waals surface area contributed by atoms with Gasteiger partial charge in [-0.3, -0.25) is 4.79 Å². The molecule has 6 nitrogen and oxygen atoms in total. The molecular formula is C11H16N2O4. The molecule has 0 saturated carbocycles. The van der Waals surface area contributed by atoms with E-state index in [9.17, 15) is 9.59 Å². The number of furan rings is 1. The van der Waals surface area contributed by atoms with Gasteiger partial charge in [0.15, 0.2) is 5.88 Å². The third-order valence-electron chi connectivity index (χ3n) is 1.95. The minimum absolute atomic E-state index is 0.0549. The van der Waals surface area contributed by atoms with Gasteiger partial charge in [-0.15, -0.1) is 0 Å². The minimum Gasteiger partial charge on any atom is -0.475 e. The number of carbonyl (C=O) groups excluding carboxylic acids is 1. The van der Waals surface area contributed by atoms with Crippen LogP contribution in [0.5, 0.6) is 0 Å². The van der Waals surface area contributed by atoms with Crippen LogP contribution in [0.1, 0.15) is 24.4 Å². The fourth-order valence-corrected chi connectivity index (χ4v) is 1.10. The van der Waals surface area contributed by atoms with Crippen LogP contribution in [-0.4, -0.2) is 30.1 Å². The molecule has 3 N–H and O–H groups in total. The molecule has 0 unspecified atom stereocenters. The third-order valence-corrected chi connectivity index (χ3v) is 1.95. The van der Waals surface area contributed by atoms with Crippen molar-refractivity contribution < 1.29 is 19.1 Å². The van der Waals surface area contributed by atoms with Gasteiger partial charge in [0.2, 0.25) is 11.7 Å². The van der Waals surface area contributed by atoms with Gasteiger partial charge in [0.25, 0.3) is 0 Å². The van der Waals surface area contributed by atoms with E-state index in [4.69, 9.17) is 9.52 Å². The van der Waals surface area contributed by atoms with Crippen molar-refractivity contribution in [3.05, 3.63) is 17.9 Å². The monoisotopic (exact) mass is 240 g/mol. The summed E-state index contributed by atoms with van der Waals surface area (Å²) in [5.41, 5.74) is 0. The van der Waals surface area contributed by atoms with E-state index < -0.39 is 5.97 Å². The number of nitrogens with one attached hydrogen (secondary N) is 2. The Kier molecular flexibility index (Phi) is 4.56. The molecule has 1 aromatic heterocycles. The maximum absolute atomic E-state index is 11.3. The van der Waals surface area contributed by atoms with Crippen LogP contribution in [0.15, 0.2) is 16.5 Å². The fraction of sp³-hybridized carbons (Fsp3) is 0.455. The summed E-state index contributed by atoms with van der Waals surface area (Å²) < 4.78 is 4.93. The highest BCUT2D eigenvalue weighted by atomic mass is 16.4. The summed E-state index contributed by atoms with van der Waals surface area (Å²) in [5, 5.41) is 14.0. The SMILES string of the molecule is CC(C)CNC(=O)CNc1ccc(C(=O)O)o1. The molecule has 0 fully saturated rings. The fourth-order valence-electron chi connectivity index (χ4n) is 1.10. The molecule has 1 heterocycles. The normalized spacial score (nSPS) is 10.3. The number of anilines is 1. The average Bonchev–Trinajstić information content (AvgIpc) is 2.72. The van der Waals surface area contributed by atoms with E-state index >= 15 is 0 Å². The lowest BCUT2D eigenvalue weighted by Gasteiger charge is -2.07. The molecule has 94 valence electrons. The summed E-state index contributed by atoms with van der Waals surface area (Å²) in [6, 6.07) is 2.80. The molecule has 1 rings (SSSR count). The Bertz CT molecular complexity index is 398. The van der Waals surface area contributed by atoms with E-state index in [0.717, 1.165) is 0 Å². The van der Waals surface area contributed by atoms with Crippen molar-refractivity contribution in [3.8, 4) is 0 Å². The molecule has 0 aromatic carbocycles. The molecule has 17 heavy (non-hydrogen) atoms. The molecule has 0 aliphatic rings. The lowest BCUT2D eigenvalue weighted by molar-refractivity contribution is -0.119. The summed E-state index contributed by atoms with van der Waals surface area (Å²) in [5.74, 6) is -0.798. The van der Waals surface area contributed by atoms with E-state index in [1.165, 1.54) is 12.1 Å². The van der Waals surface area contributed by atoms with Gasteiger partial charge in [-0.25, -0.2) is 4.79 Å². The van der Waals surface area contributed by atoms with Gasteiger partial charge in [0, 0.05) is 12.6 Å². The Balaban J connectivity index is 2.34. The first-order valence-corrected chi connectivity index (χ1v) is 5.32. The van der Waals surface area contributed by atoms with E-state index in [0.29, 0.717) is 12.5 Å². The zero-order valence-corrected chi connectivity index (χ0v) is 9.82. The van der Waals surface area contributed by atoms with E-state index in [2.05, 4.69) is 10.6 Å². The van der Waals surface area contributed by atoms with Crippen molar-refractivity contribution in [3.63, 3.8) is 0 Å². The van der Waals surface area contributed by atoms with E-state index in [1.54, 1.807) is 0 Å². The third kappa shape index (κ3) is 4.58. The first-order chi connectivity index (χ1) is 7.99. The topological polar surface area (TPSA) is 91.6 Å². The molecular weight excluding hydrogens is 224 g/mol. The van der Waals surface area contributed by atoms with Crippen molar-refractivity contribution in [2.24, 2.45) is 5.92 Å². The summed E-state index contributed by atoms with van der Waals surface area (Å²) >= 11 is 0. The quantitative estimate of drug-likeness (QED) is 0.694. The van der Waals surface area contributed by atoms with Gasteiger partial charge in [0.1, 0.15) is 0 Å². The minimum atomic E-state index is -1.14. The van der Waals surface area contributed by atoms with Crippen molar-refractivity contribution >= 4 is 17.8 Å². The maximum Gasteiger partial charge on any atom is 0.371 e. The highest BCUT2D eigenvalue weighted by Crippen LogP contribution is 2.12. The predicted molar refractivity (Wildman–Crippen MR) is 62.0 cm³/mol. The molecule has 6 heteroatoms. The van der Waals surface area contributed by atoms with Crippen LogP contribution in [-0.2, 0) is 4.79 Å². The second kappa shape index (κ2) is 5.93. The van der Waals surface area contributed by atoms with Crippen LogP contribution in [0.25, 0.3) is 0 Å². The highest BCUT2D eigenvalue weighted by molar-refractivity contribution is 5.85. The number of hydrogen-bond acceptors (Lipinski definition) is 4. The highest BCUT2D eigenvalue weighted by Gasteiger charge is 2.09. The first kappa shape index (κ1) is 13.1. The van der Waals surface area contributed by atoms with Gasteiger partial charge < -0.3 is 20.2 Å². The summed E-state index contributed by atoms with van der Waals surface area (Å²) in [7, 11) is 0. The molecule has 0 atom stereocenters. The van der Waals surface area contributed by atoms with Crippen molar-refractivity contribution in [1.82, 2.24) is 5.32 Å². The van der Waals surface area contributed by atoms with Crippen LogP contribution in [0.3, 0.4) is 0 Å². The number of hydrogen-bond donors (Lipinski definition) is 3. The molecule has 0 radical (unpaired) electrons. The second-order valence-electron chi connectivity index (χ2n) is 4.02. The second-order valence-corrected chi connectivity index (χ2v) is 4.02. The van der Waals surface area contributed by atoms with Gasteiger partial charge in [-0.1, -0.05) is 13.8 Å². The largest absolute Gasteiger partial charge is 0.475 e. The smallest absolute Gasteiger partial charge is 0.371 e. The Hall–Kier alpha value is -1.98. The zero-order chi connectivity index (χ0) is 12.8. The van der Waals surface area contributed by atoms with Gasteiger partial charge >= 0.3 is 5.97 Å². The Labute approximate surface area is 99.0 Å². The predicted octanol–water partition coefficient (Wildman–Crippen LogP) is 1.16. The van der Waals surface area contributed by atoms with Crippen LogP contribution in [0.4, 0.5) is 5.88 Å². The van der Waals surface area contributed by atoms with Gasteiger partial charge in [-0.2, -0.15) is 0 Å². The van der Waals surface area contributed by atoms with E-state index in [-0.39, 0.29) is 24.1 Å².